The molecule has 0 bridgehead atoms. The highest BCUT2D eigenvalue weighted by Crippen LogP contribution is 2.29. The van der Waals surface area contributed by atoms with Crippen molar-refractivity contribution in [3.05, 3.63) is 0 Å². The molecule has 2 nitrogen and oxygen atoms in total. The van der Waals surface area contributed by atoms with Crippen molar-refractivity contribution in [2.45, 2.75) is 70.0 Å². The van der Waals surface area contributed by atoms with Gasteiger partial charge in [0.05, 0.1) is 12.2 Å². The third-order valence-electron chi connectivity index (χ3n) is 3.93. The fourth-order valence-corrected chi connectivity index (χ4v) is 3.00. The average Bonchev–Trinajstić information content (AvgIpc) is 2.31. The Morgan fingerprint density at radius 1 is 0.867 bits per heavy atom. The summed E-state index contributed by atoms with van der Waals surface area (Å²) in [7, 11) is 0. The van der Waals surface area contributed by atoms with E-state index < -0.39 is 0 Å². The molecule has 0 heterocycles. The lowest BCUT2D eigenvalue weighted by molar-refractivity contribution is -0.0585. The van der Waals surface area contributed by atoms with Crippen LogP contribution in [0.2, 0.25) is 0 Å². The van der Waals surface area contributed by atoms with Gasteiger partial charge < -0.3 is 9.84 Å². The summed E-state index contributed by atoms with van der Waals surface area (Å²) in [5, 5.41) is 9.16. The fourth-order valence-electron chi connectivity index (χ4n) is 3.00. The number of ether oxygens (including phenoxy) is 1. The third kappa shape index (κ3) is 3.46. The predicted molar refractivity (Wildman–Crippen MR) is 60.8 cm³/mol. The molecular formula is C13H24O2. The minimum Gasteiger partial charge on any atom is -0.396 e. The van der Waals surface area contributed by atoms with Crippen molar-refractivity contribution in [1.82, 2.24) is 0 Å². The monoisotopic (exact) mass is 212 g/mol. The molecule has 0 spiro atoms. The smallest absolute Gasteiger partial charge is 0.0582 e. The standard InChI is InChI=1S/C13H24O2/c14-10-11-5-4-8-13(9-11)15-12-6-2-1-3-7-12/h11-14H,1-10H2. The average molecular weight is 212 g/mol. The number of rotatable bonds is 3. The maximum atomic E-state index is 9.16. The summed E-state index contributed by atoms with van der Waals surface area (Å²) in [5.74, 6) is 0.507. The topological polar surface area (TPSA) is 29.5 Å². The molecular weight excluding hydrogens is 188 g/mol. The zero-order valence-electron chi connectivity index (χ0n) is 9.66. The van der Waals surface area contributed by atoms with Gasteiger partial charge in [-0.1, -0.05) is 25.7 Å². The molecule has 2 saturated carbocycles. The molecule has 0 aromatic rings. The predicted octanol–water partition coefficient (Wildman–Crippen LogP) is 2.89. The molecule has 2 aliphatic rings. The Kier molecular flexibility index (Phi) is 4.45. The quantitative estimate of drug-likeness (QED) is 0.779. The van der Waals surface area contributed by atoms with Crippen LogP contribution in [0.25, 0.3) is 0 Å². The minimum absolute atomic E-state index is 0.352. The fraction of sp³-hybridized carbons (Fsp3) is 1.00. The molecule has 0 saturated heterocycles. The summed E-state index contributed by atoms with van der Waals surface area (Å²) in [5.41, 5.74) is 0. The number of hydrogen-bond donors (Lipinski definition) is 1. The van der Waals surface area contributed by atoms with Crippen LogP contribution in [0.5, 0.6) is 0 Å². The van der Waals surface area contributed by atoms with E-state index in [1.54, 1.807) is 0 Å². The van der Waals surface area contributed by atoms with Crippen LogP contribution in [-0.4, -0.2) is 23.9 Å². The molecule has 0 radical (unpaired) electrons. The molecule has 0 aromatic heterocycles. The molecule has 0 aliphatic heterocycles. The maximum absolute atomic E-state index is 9.16. The Labute approximate surface area is 93.0 Å². The van der Waals surface area contributed by atoms with Crippen LogP contribution in [0, 0.1) is 5.92 Å². The number of aliphatic hydroxyl groups excluding tert-OH is 1. The van der Waals surface area contributed by atoms with E-state index in [1.807, 2.05) is 0 Å². The van der Waals surface area contributed by atoms with E-state index in [2.05, 4.69) is 0 Å². The Balaban J connectivity index is 1.72. The Bertz CT molecular complexity index is 175. The van der Waals surface area contributed by atoms with Gasteiger partial charge in [-0.2, -0.15) is 0 Å². The van der Waals surface area contributed by atoms with Gasteiger partial charge in [-0.05, 0) is 38.0 Å². The highest BCUT2D eigenvalue weighted by atomic mass is 16.5. The second kappa shape index (κ2) is 5.86. The van der Waals surface area contributed by atoms with Crippen molar-refractivity contribution in [2.24, 2.45) is 5.92 Å². The van der Waals surface area contributed by atoms with Crippen LogP contribution in [-0.2, 0) is 4.74 Å². The molecule has 2 rings (SSSR count). The SMILES string of the molecule is OCC1CCCC(OC2CCCCC2)C1. The van der Waals surface area contributed by atoms with Crippen molar-refractivity contribution in [3.63, 3.8) is 0 Å². The Hall–Kier alpha value is -0.0800. The van der Waals surface area contributed by atoms with Gasteiger partial charge in [0.15, 0.2) is 0 Å². The van der Waals surface area contributed by atoms with Crippen molar-refractivity contribution < 1.29 is 9.84 Å². The van der Waals surface area contributed by atoms with Crippen LogP contribution in [0.1, 0.15) is 57.8 Å². The van der Waals surface area contributed by atoms with Gasteiger partial charge in [-0.25, -0.2) is 0 Å². The summed E-state index contributed by atoms with van der Waals surface area (Å²) in [6, 6.07) is 0. The molecule has 2 atom stereocenters. The third-order valence-corrected chi connectivity index (χ3v) is 3.93. The molecule has 0 amide bonds. The lowest BCUT2D eigenvalue weighted by Gasteiger charge is -2.32. The van der Waals surface area contributed by atoms with Crippen LogP contribution in [0.4, 0.5) is 0 Å². The summed E-state index contributed by atoms with van der Waals surface area (Å²) >= 11 is 0. The number of aliphatic hydroxyl groups is 1. The lowest BCUT2D eigenvalue weighted by atomic mass is 9.87. The second-order valence-electron chi connectivity index (χ2n) is 5.23. The van der Waals surface area contributed by atoms with Crippen molar-refractivity contribution in [2.75, 3.05) is 6.61 Å². The highest BCUT2D eigenvalue weighted by Gasteiger charge is 2.25. The summed E-state index contributed by atoms with van der Waals surface area (Å²) < 4.78 is 6.15. The molecule has 2 fully saturated rings. The van der Waals surface area contributed by atoms with E-state index in [9.17, 15) is 0 Å². The first-order valence-corrected chi connectivity index (χ1v) is 6.65. The Morgan fingerprint density at radius 2 is 1.60 bits per heavy atom. The van der Waals surface area contributed by atoms with Gasteiger partial charge in [0.2, 0.25) is 0 Å². The molecule has 1 N–H and O–H groups in total. The van der Waals surface area contributed by atoms with Crippen molar-refractivity contribution in [1.29, 1.82) is 0 Å². The van der Waals surface area contributed by atoms with Crippen LogP contribution in [0.3, 0.4) is 0 Å². The van der Waals surface area contributed by atoms with Crippen LogP contribution in [0.15, 0.2) is 0 Å². The molecule has 2 heteroatoms. The van der Waals surface area contributed by atoms with Gasteiger partial charge in [0, 0.05) is 6.61 Å². The zero-order chi connectivity index (χ0) is 10.5. The van der Waals surface area contributed by atoms with Gasteiger partial charge in [0.25, 0.3) is 0 Å². The first-order chi connectivity index (χ1) is 7.38. The molecule has 2 aliphatic carbocycles. The van der Waals surface area contributed by atoms with Gasteiger partial charge >= 0.3 is 0 Å². The van der Waals surface area contributed by atoms with E-state index in [4.69, 9.17) is 9.84 Å². The minimum atomic E-state index is 0.352. The van der Waals surface area contributed by atoms with Crippen LogP contribution >= 0.6 is 0 Å². The molecule has 88 valence electrons. The highest BCUT2D eigenvalue weighted by molar-refractivity contribution is 4.75. The van der Waals surface area contributed by atoms with E-state index in [0.717, 1.165) is 6.42 Å². The molecule has 2 unspecified atom stereocenters. The van der Waals surface area contributed by atoms with E-state index >= 15 is 0 Å². The van der Waals surface area contributed by atoms with E-state index in [-0.39, 0.29) is 0 Å². The van der Waals surface area contributed by atoms with Gasteiger partial charge in [-0.3, -0.25) is 0 Å². The maximum Gasteiger partial charge on any atom is 0.0582 e. The Morgan fingerprint density at radius 3 is 2.33 bits per heavy atom. The lowest BCUT2D eigenvalue weighted by Crippen LogP contribution is -2.30. The van der Waals surface area contributed by atoms with Gasteiger partial charge in [0.1, 0.15) is 0 Å². The van der Waals surface area contributed by atoms with Crippen LogP contribution < -0.4 is 0 Å². The summed E-state index contributed by atoms with van der Waals surface area (Å²) in [6.07, 6.45) is 12.3. The normalized spacial score (nSPS) is 34.2. The second-order valence-corrected chi connectivity index (χ2v) is 5.23. The van der Waals surface area contributed by atoms with Crippen molar-refractivity contribution in [3.8, 4) is 0 Å². The summed E-state index contributed by atoms with van der Waals surface area (Å²) in [4.78, 5) is 0. The van der Waals surface area contributed by atoms with Gasteiger partial charge in [-0.15, -0.1) is 0 Å². The first-order valence-electron chi connectivity index (χ1n) is 6.65. The molecule has 0 aromatic carbocycles. The zero-order valence-corrected chi connectivity index (χ0v) is 9.66. The van der Waals surface area contributed by atoms with E-state index in [0.29, 0.717) is 24.7 Å². The summed E-state index contributed by atoms with van der Waals surface area (Å²) in [6.45, 7) is 0.352. The molecule has 15 heavy (non-hydrogen) atoms. The van der Waals surface area contributed by atoms with Crippen molar-refractivity contribution >= 4 is 0 Å². The number of hydrogen-bond acceptors (Lipinski definition) is 2. The largest absolute Gasteiger partial charge is 0.396 e. The van der Waals surface area contributed by atoms with E-state index in [1.165, 1.54) is 51.4 Å². The first kappa shape index (κ1) is 11.4.